The first-order chi connectivity index (χ1) is 7.20. The van der Waals surface area contributed by atoms with Crippen molar-refractivity contribution in [3.05, 3.63) is 49.7 Å². The second-order valence-electron chi connectivity index (χ2n) is 2.58. The number of nitrogens with one attached hydrogen (secondary N) is 1. The van der Waals surface area contributed by atoms with Crippen LogP contribution in [0.3, 0.4) is 0 Å². The van der Waals surface area contributed by atoms with Gasteiger partial charge in [-0.1, -0.05) is 18.2 Å². The van der Waals surface area contributed by atoms with Crippen molar-refractivity contribution in [1.82, 2.24) is 4.98 Å². The molecule has 1 heterocycles. The summed E-state index contributed by atoms with van der Waals surface area (Å²) in [4.78, 5) is 12.1. The summed E-state index contributed by atoms with van der Waals surface area (Å²) in [6.45, 7) is 7.08. The van der Waals surface area contributed by atoms with Crippen LogP contribution in [-0.4, -0.2) is 16.1 Å². The Bertz CT molecular complexity index is 372. The number of para-hydroxylation sites is 1. The van der Waals surface area contributed by atoms with E-state index in [0.29, 0.717) is 0 Å². The van der Waals surface area contributed by atoms with Crippen molar-refractivity contribution in [2.75, 3.05) is 0 Å². The monoisotopic (exact) mass is 205 g/mol. The Morgan fingerprint density at radius 2 is 1.80 bits per heavy atom. The van der Waals surface area contributed by atoms with Crippen LogP contribution in [0.5, 0.6) is 0 Å². The fourth-order valence-corrected chi connectivity index (χ4v) is 0.995. The van der Waals surface area contributed by atoms with Crippen LogP contribution in [-0.2, 0) is 4.79 Å². The van der Waals surface area contributed by atoms with Crippen molar-refractivity contribution in [1.29, 1.82) is 0 Å². The Kier molecular flexibility index (Phi) is 6.38. The fraction of sp³-hybridized carbons (Fsp3) is 0.0833. The van der Waals surface area contributed by atoms with Gasteiger partial charge < -0.3 is 10.1 Å². The third kappa shape index (κ3) is 5.31. The van der Waals surface area contributed by atoms with Gasteiger partial charge >= 0.3 is 0 Å². The number of aliphatic carboxylic acids is 1. The zero-order valence-electron chi connectivity index (χ0n) is 8.73. The molecule has 0 unspecified atom stereocenters. The van der Waals surface area contributed by atoms with Crippen molar-refractivity contribution in [3.8, 4) is 0 Å². The number of fused-ring (bicyclic) bond motifs is 1. The number of hydrogen-bond donors (Lipinski definition) is 2. The van der Waals surface area contributed by atoms with E-state index >= 15 is 0 Å². The minimum atomic E-state index is -0.833. The molecule has 0 radical (unpaired) electrons. The van der Waals surface area contributed by atoms with Gasteiger partial charge in [-0.05, 0) is 17.5 Å². The molecule has 2 N–H and O–H groups in total. The van der Waals surface area contributed by atoms with Gasteiger partial charge in [-0.2, -0.15) is 0 Å². The average molecular weight is 205 g/mol. The van der Waals surface area contributed by atoms with Gasteiger partial charge in [0.1, 0.15) is 0 Å². The number of carboxylic acid groups (broad SMARTS) is 1. The van der Waals surface area contributed by atoms with Gasteiger partial charge in [0.2, 0.25) is 0 Å². The van der Waals surface area contributed by atoms with Crippen molar-refractivity contribution in [2.24, 2.45) is 0 Å². The van der Waals surface area contributed by atoms with Gasteiger partial charge in [0.25, 0.3) is 5.97 Å². The van der Waals surface area contributed by atoms with E-state index in [1.165, 1.54) is 10.9 Å². The van der Waals surface area contributed by atoms with E-state index in [1.54, 1.807) is 0 Å². The highest BCUT2D eigenvalue weighted by atomic mass is 16.4. The summed E-state index contributed by atoms with van der Waals surface area (Å²) in [5.74, 6) is -0.833. The number of carboxylic acids is 1. The van der Waals surface area contributed by atoms with Gasteiger partial charge in [0.15, 0.2) is 0 Å². The predicted molar refractivity (Wildman–Crippen MR) is 62.9 cm³/mol. The van der Waals surface area contributed by atoms with Crippen LogP contribution in [0.15, 0.2) is 49.7 Å². The molecule has 0 aliphatic carbocycles. The van der Waals surface area contributed by atoms with Crippen LogP contribution in [0.4, 0.5) is 0 Å². The molecule has 0 spiro atoms. The lowest BCUT2D eigenvalue weighted by atomic mass is 10.3. The molecular weight excluding hydrogens is 190 g/mol. The molecule has 1 aromatic heterocycles. The third-order valence-electron chi connectivity index (χ3n) is 1.46. The largest absolute Gasteiger partial charge is 0.481 e. The molecule has 3 nitrogen and oxygen atoms in total. The molecule has 0 fully saturated rings. The Labute approximate surface area is 89.1 Å². The lowest BCUT2D eigenvalue weighted by molar-refractivity contribution is -0.134. The standard InChI is InChI=1S/C8H7N.C2H4O2.C2H4/c1-2-4-8-7(3-1)5-6-9-8;1-2(3)4;1-2/h1-6,9H;1H3,(H,3,4);1-2H2. The Balaban J connectivity index is 0.000000282. The molecule has 1 aromatic carbocycles. The molecule has 0 saturated carbocycles. The van der Waals surface area contributed by atoms with E-state index < -0.39 is 5.97 Å². The highest BCUT2D eigenvalue weighted by Crippen LogP contribution is 2.09. The second-order valence-corrected chi connectivity index (χ2v) is 2.58. The maximum Gasteiger partial charge on any atom is 0.300 e. The lowest BCUT2D eigenvalue weighted by Gasteiger charge is -1.83. The average Bonchev–Trinajstić information content (AvgIpc) is 2.67. The van der Waals surface area contributed by atoms with Crippen LogP contribution in [0, 0.1) is 0 Å². The quantitative estimate of drug-likeness (QED) is 0.649. The van der Waals surface area contributed by atoms with Crippen LogP contribution in [0.1, 0.15) is 6.92 Å². The van der Waals surface area contributed by atoms with Crippen molar-refractivity contribution >= 4 is 16.9 Å². The molecule has 80 valence electrons. The van der Waals surface area contributed by atoms with Crippen molar-refractivity contribution in [3.63, 3.8) is 0 Å². The molecule has 0 aliphatic rings. The summed E-state index contributed by atoms with van der Waals surface area (Å²) in [5, 5.41) is 8.69. The van der Waals surface area contributed by atoms with E-state index in [-0.39, 0.29) is 0 Å². The molecular formula is C12H15NO2. The third-order valence-corrected chi connectivity index (χ3v) is 1.46. The zero-order valence-corrected chi connectivity index (χ0v) is 8.73. The van der Waals surface area contributed by atoms with E-state index in [1.807, 2.05) is 18.3 Å². The maximum absolute atomic E-state index is 9.00. The summed E-state index contributed by atoms with van der Waals surface area (Å²) >= 11 is 0. The van der Waals surface area contributed by atoms with E-state index in [9.17, 15) is 0 Å². The molecule has 0 amide bonds. The minimum Gasteiger partial charge on any atom is -0.481 e. The molecule has 0 bridgehead atoms. The molecule has 3 heteroatoms. The lowest BCUT2D eigenvalue weighted by Crippen LogP contribution is -1.78. The van der Waals surface area contributed by atoms with Crippen LogP contribution in [0.25, 0.3) is 10.9 Å². The van der Waals surface area contributed by atoms with Gasteiger partial charge in [-0.25, -0.2) is 0 Å². The van der Waals surface area contributed by atoms with Gasteiger partial charge in [-0.3, -0.25) is 4.79 Å². The first kappa shape index (κ1) is 13.0. The van der Waals surface area contributed by atoms with Crippen molar-refractivity contribution in [2.45, 2.75) is 6.92 Å². The van der Waals surface area contributed by atoms with Crippen LogP contribution >= 0.6 is 0 Å². The van der Waals surface area contributed by atoms with Crippen molar-refractivity contribution < 1.29 is 9.90 Å². The van der Waals surface area contributed by atoms with E-state index in [2.05, 4.69) is 36.3 Å². The molecule has 15 heavy (non-hydrogen) atoms. The topological polar surface area (TPSA) is 53.1 Å². The molecule has 2 rings (SSSR count). The molecule has 0 saturated heterocycles. The normalized spacial score (nSPS) is 8.07. The number of H-pyrrole nitrogens is 1. The smallest absolute Gasteiger partial charge is 0.300 e. The van der Waals surface area contributed by atoms with Gasteiger partial charge in [0.05, 0.1) is 0 Å². The van der Waals surface area contributed by atoms with Crippen LogP contribution < -0.4 is 0 Å². The first-order valence-electron chi connectivity index (χ1n) is 4.42. The summed E-state index contributed by atoms with van der Waals surface area (Å²) in [7, 11) is 0. The molecule has 2 aromatic rings. The number of benzene rings is 1. The summed E-state index contributed by atoms with van der Waals surface area (Å²) in [6.07, 6.45) is 1.95. The number of aromatic nitrogens is 1. The van der Waals surface area contributed by atoms with E-state index in [0.717, 1.165) is 6.92 Å². The first-order valence-corrected chi connectivity index (χ1v) is 4.42. The highest BCUT2D eigenvalue weighted by Gasteiger charge is 1.86. The van der Waals surface area contributed by atoms with Gasteiger partial charge in [0, 0.05) is 18.6 Å². The summed E-state index contributed by atoms with van der Waals surface area (Å²) in [6, 6.07) is 10.3. The second kappa shape index (κ2) is 7.38. The number of carbonyl (C=O) groups is 1. The number of rotatable bonds is 0. The van der Waals surface area contributed by atoms with Gasteiger partial charge in [-0.15, -0.1) is 13.2 Å². The maximum atomic E-state index is 9.00. The Hall–Kier alpha value is -2.03. The fourth-order valence-electron chi connectivity index (χ4n) is 0.995. The Morgan fingerprint density at radius 1 is 1.27 bits per heavy atom. The van der Waals surface area contributed by atoms with E-state index in [4.69, 9.17) is 9.90 Å². The summed E-state index contributed by atoms with van der Waals surface area (Å²) in [5.41, 5.74) is 1.21. The SMILES string of the molecule is C=C.CC(=O)O.c1ccc2[nH]ccc2c1. The Morgan fingerprint density at radius 3 is 2.33 bits per heavy atom. The van der Waals surface area contributed by atoms with Crippen LogP contribution in [0.2, 0.25) is 0 Å². The minimum absolute atomic E-state index is 0.833. The summed E-state index contributed by atoms with van der Waals surface area (Å²) < 4.78 is 0. The zero-order chi connectivity index (χ0) is 11.7. The predicted octanol–water partition coefficient (Wildman–Crippen LogP) is 3.06. The number of hydrogen-bond acceptors (Lipinski definition) is 1. The highest BCUT2D eigenvalue weighted by molar-refractivity contribution is 5.78. The number of aromatic amines is 1. The molecule has 0 aliphatic heterocycles. The molecule has 0 atom stereocenters.